The molecule has 5 rings (SSSR count). The Morgan fingerprint density at radius 1 is 1.11 bits per heavy atom. The number of rotatable bonds is 10. The average molecular weight is 681 g/mol. The smallest absolute Gasteiger partial charge is 0.312 e. The van der Waals surface area contributed by atoms with Crippen LogP contribution < -0.4 is 15.0 Å². The van der Waals surface area contributed by atoms with Crippen LogP contribution in [0.1, 0.15) is 54.5 Å². The summed E-state index contributed by atoms with van der Waals surface area (Å²) >= 11 is 3.35. The van der Waals surface area contributed by atoms with Gasteiger partial charge in [-0.05, 0) is 67.3 Å². The van der Waals surface area contributed by atoms with E-state index in [0.717, 1.165) is 16.9 Å². The fourth-order valence-corrected chi connectivity index (χ4v) is 5.55. The number of nitro groups is 1. The van der Waals surface area contributed by atoms with E-state index in [0.29, 0.717) is 44.5 Å². The number of fused-ring (bicyclic) bond motifs is 1. The number of halogens is 1. The maximum absolute atomic E-state index is 14.0. The zero-order chi connectivity index (χ0) is 33.0. The van der Waals surface area contributed by atoms with Crippen LogP contribution in [0.4, 0.5) is 5.69 Å². The van der Waals surface area contributed by atoms with Crippen LogP contribution >= 0.6 is 15.9 Å². The molecule has 5 aromatic rings. The molecule has 1 heterocycles. The van der Waals surface area contributed by atoms with Gasteiger partial charge in [0.05, 0.1) is 40.3 Å². The number of aryl methyl sites for hydroxylation is 1. The molecule has 0 N–H and O–H groups in total. The Morgan fingerprint density at radius 2 is 1.85 bits per heavy atom. The van der Waals surface area contributed by atoms with Crippen LogP contribution in [0.3, 0.4) is 0 Å². The zero-order valence-corrected chi connectivity index (χ0v) is 27.2. The first-order valence-electron chi connectivity index (χ1n) is 14.6. The number of hydrogen-bond acceptors (Lipinski definition) is 8. The van der Waals surface area contributed by atoms with Crippen molar-refractivity contribution < 1.29 is 14.4 Å². The lowest BCUT2D eigenvalue weighted by Gasteiger charge is -2.18. The summed E-state index contributed by atoms with van der Waals surface area (Å²) in [6, 6.07) is 22.8. The normalized spacial score (nSPS) is 11.2. The monoisotopic (exact) mass is 679 g/mol. The van der Waals surface area contributed by atoms with Crippen molar-refractivity contribution in [3.05, 3.63) is 126 Å². The minimum atomic E-state index is -0.556. The number of aromatic nitrogens is 2. The molecule has 0 aliphatic rings. The minimum absolute atomic E-state index is 0.0626. The summed E-state index contributed by atoms with van der Waals surface area (Å²) in [7, 11) is 0. The first-order valence-corrected chi connectivity index (χ1v) is 15.3. The molecule has 10 nitrogen and oxygen atoms in total. The van der Waals surface area contributed by atoms with Crippen LogP contribution in [-0.4, -0.2) is 27.4 Å². The van der Waals surface area contributed by atoms with Gasteiger partial charge in [0.2, 0.25) is 5.75 Å². The van der Waals surface area contributed by atoms with Gasteiger partial charge in [0.25, 0.3) is 5.56 Å². The summed E-state index contributed by atoms with van der Waals surface area (Å²) in [6.07, 6.45) is 1.35. The summed E-state index contributed by atoms with van der Waals surface area (Å²) in [5, 5.41) is 26.5. The Hall–Kier alpha value is -5.34. The van der Waals surface area contributed by atoms with Gasteiger partial charge in [0.15, 0.2) is 5.82 Å². The molecule has 0 atom stereocenters. The van der Waals surface area contributed by atoms with E-state index in [1.165, 1.54) is 17.0 Å². The van der Waals surface area contributed by atoms with E-state index in [1.807, 2.05) is 32.0 Å². The van der Waals surface area contributed by atoms with Crippen molar-refractivity contribution in [3.63, 3.8) is 0 Å². The quantitative estimate of drug-likeness (QED) is 0.0832. The molecule has 0 saturated heterocycles. The number of para-hydroxylation sites is 1. The number of nitro benzene ring substituents is 1. The first-order chi connectivity index (χ1) is 22.1. The molecular formula is C35H30BrN5O5. The Bertz CT molecular complexity index is 2100. The van der Waals surface area contributed by atoms with Crippen molar-refractivity contribution in [2.75, 3.05) is 6.61 Å². The first kappa shape index (κ1) is 32.1. The minimum Gasteiger partial charge on any atom is -0.494 e. The van der Waals surface area contributed by atoms with Crippen molar-refractivity contribution in [1.29, 1.82) is 5.26 Å². The third-order valence-electron chi connectivity index (χ3n) is 7.35. The van der Waals surface area contributed by atoms with Gasteiger partial charge < -0.3 is 9.47 Å². The lowest BCUT2D eigenvalue weighted by Crippen LogP contribution is -2.21. The Balaban J connectivity index is 1.70. The van der Waals surface area contributed by atoms with Crippen molar-refractivity contribution in [2.24, 2.45) is 5.10 Å². The molecule has 0 saturated carbocycles. The number of hydrogen-bond donors (Lipinski definition) is 0. The van der Waals surface area contributed by atoms with Gasteiger partial charge in [-0.15, -0.1) is 0 Å². The van der Waals surface area contributed by atoms with Gasteiger partial charge in [-0.3, -0.25) is 14.9 Å². The highest BCUT2D eigenvalue weighted by molar-refractivity contribution is 9.10. The molecule has 232 valence electrons. The molecular weight excluding hydrogens is 650 g/mol. The summed E-state index contributed by atoms with van der Waals surface area (Å²) in [5.74, 6) is 1.13. The Kier molecular flexibility index (Phi) is 9.58. The highest BCUT2D eigenvalue weighted by Crippen LogP contribution is 2.36. The van der Waals surface area contributed by atoms with Gasteiger partial charge in [0.1, 0.15) is 12.4 Å². The standard InChI is InChI=1S/C35H30BrN5O5/c1-5-45-32-14-22(4)29(17-28(32)21(2)3)34-39-30-13-9-8-12-27(30)35(42)40(34)38-19-25-15-26(36)16-31(41(43)44)33(25)46-20-24-11-7-6-10-23(24)18-37/h6-17,19,21H,5,20H2,1-4H3. The van der Waals surface area contributed by atoms with Gasteiger partial charge >= 0.3 is 5.69 Å². The van der Waals surface area contributed by atoms with Gasteiger partial charge in [-0.2, -0.15) is 15.0 Å². The summed E-state index contributed by atoms with van der Waals surface area (Å²) < 4.78 is 13.5. The van der Waals surface area contributed by atoms with Gasteiger partial charge in [-0.1, -0.05) is 60.1 Å². The molecule has 1 aromatic heterocycles. The molecule has 0 radical (unpaired) electrons. The van der Waals surface area contributed by atoms with Crippen LogP contribution in [0.2, 0.25) is 0 Å². The van der Waals surface area contributed by atoms with E-state index >= 15 is 0 Å². The predicted octanol–water partition coefficient (Wildman–Crippen LogP) is 7.90. The molecule has 0 unspecified atom stereocenters. The number of benzene rings is 4. The maximum Gasteiger partial charge on any atom is 0.312 e. The topological polar surface area (TPSA) is 133 Å². The summed E-state index contributed by atoms with van der Waals surface area (Å²) in [4.78, 5) is 30.4. The second kappa shape index (κ2) is 13.7. The van der Waals surface area contributed by atoms with Crippen LogP contribution in [0.15, 0.2) is 87.2 Å². The van der Waals surface area contributed by atoms with Crippen molar-refractivity contribution in [1.82, 2.24) is 9.66 Å². The van der Waals surface area contributed by atoms with E-state index in [4.69, 9.17) is 14.5 Å². The van der Waals surface area contributed by atoms with Gasteiger partial charge in [0, 0.05) is 27.2 Å². The highest BCUT2D eigenvalue weighted by Gasteiger charge is 2.22. The van der Waals surface area contributed by atoms with Crippen LogP contribution in [-0.2, 0) is 6.61 Å². The summed E-state index contributed by atoms with van der Waals surface area (Å²) in [6.45, 7) is 8.38. The van der Waals surface area contributed by atoms with E-state index < -0.39 is 10.5 Å². The molecule has 0 amide bonds. The Labute approximate surface area is 273 Å². The molecule has 0 bridgehead atoms. The van der Waals surface area contributed by atoms with E-state index in [-0.39, 0.29) is 29.5 Å². The SMILES string of the molecule is CCOc1cc(C)c(-c2nc3ccccc3c(=O)n2N=Cc2cc(Br)cc([N+](=O)[O-])c2OCc2ccccc2C#N)cc1C(C)C. The number of nitriles is 1. The second-order valence-electron chi connectivity index (χ2n) is 10.8. The molecule has 0 spiro atoms. The van der Waals surface area contributed by atoms with Crippen molar-refractivity contribution in [3.8, 4) is 29.0 Å². The van der Waals surface area contributed by atoms with E-state index in [9.17, 15) is 20.2 Å². The fourth-order valence-electron chi connectivity index (χ4n) is 5.09. The van der Waals surface area contributed by atoms with Crippen LogP contribution in [0.5, 0.6) is 11.5 Å². The highest BCUT2D eigenvalue weighted by atomic mass is 79.9. The summed E-state index contributed by atoms with van der Waals surface area (Å²) in [5.41, 5.74) is 3.46. The molecule has 11 heteroatoms. The molecule has 46 heavy (non-hydrogen) atoms. The van der Waals surface area contributed by atoms with Crippen molar-refractivity contribution >= 4 is 38.7 Å². The van der Waals surface area contributed by atoms with E-state index in [2.05, 4.69) is 40.9 Å². The van der Waals surface area contributed by atoms with Crippen molar-refractivity contribution in [2.45, 2.75) is 40.2 Å². The lowest BCUT2D eigenvalue weighted by molar-refractivity contribution is -0.386. The largest absolute Gasteiger partial charge is 0.494 e. The third kappa shape index (κ3) is 6.53. The van der Waals surface area contributed by atoms with E-state index in [1.54, 1.807) is 48.5 Å². The van der Waals surface area contributed by atoms with Crippen LogP contribution in [0, 0.1) is 28.4 Å². The predicted molar refractivity (Wildman–Crippen MR) is 181 cm³/mol. The number of ether oxygens (including phenoxy) is 2. The second-order valence-corrected chi connectivity index (χ2v) is 11.7. The lowest BCUT2D eigenvalue weighted by atomic mass is 9.96. The average Bonchev–Trinajstić information content (AvgIpc) is 3.03. The molecule has 0 fully saturated rings. The fraction of sp³-hybridized carbons (Fsp3) is 0.200. The molecule has 0 aliphatic heterocycles. The molecule has 0 aliphatic carbocycles. The maximum atomic E-state index is 14.0. The Morgan fingerprint density at radius 3 is 2.57 bits per heavy atom. The van der Waals surface area contributed by atoms with Gasteiger partial charge in [-0.25, -0.2) is 4.98 Å². The zero-order valence-electron chi connectivity index (χ0n) is 25.7. The molecule has 4 aromatic carbocycles. The van der Waals surface area contributed by atoms with Crippen LogP contribution in [0.25, 0.3) is 22.3 Å². The third-order valence-corrected chi connectivity index (χ3v) is 7.81. The number of nitrogens with zero attached hydrogens (tertiary/aromatic N) is 5.